The number of hydrogen-bond donors (Lipinski definition) is 1. The minimum absolute atomic E-state index is 0.234. The largest absolute Gasteiger partial charge is 0.316 e. The van der Waals surface area contributed by atoms with E-state index in [2.05, 4.69) is 76.1 Å². The first kappa shape index (κ1) is 24.0. The van der Waals surface area contributed by atoms with E-state index in [0.29, 0.717) is 5.56 Å². The first-order valence-electron chi connectivity index (χ1n) is 11.0. The molecule has 0 saturated heterocycles. The summed E-state index contributed by atoms with van der Waals surface area (Å²) in [5, 5.41) is 4.24. The number of hydrogen-bond acceptors (Lipinski definition) is 3. The molecule has 0 bridgehead atoms. The summed E-state index contributed by atoms with van der Waals surface area (Å²) in [6, 6.07) is 26.2. The smallest absolute Gasteiger partial charge is 0.271 e. The average molecular weight is 533 g/mol. The third-order valence-electron chi connectivity index (χ3n) is 5.70. The lowest BCUT2D eigenvalue weighted by Gasteiger charge is -2.12. The van der Waals surface area contributed by atoms with Crippen molar-refractivity contribution in [3.05, 3.63) is 117 Å². The molecule has 0 unspecified atom stereocenters. The molecule has 0 saturated carbocycles. The molecule has 1 amide bonds. The summed E-state index contributed by atoms with van der Waals surface area (Å²) < 4.78 is 3.17. The normalized spacial score (nSPS) is 11.2. The number of nitrogens with one attached hydrogen (secondary N) is 1. The van der Waals surface area contributed by atoms with Gasteiger partial charge >= 0.3 is 0 Å². The zero-order valence-corrected chi connectivity index (χ0v) is 21.8. The van der Waals surface area contributed by atoms with Gasteiger partial charge in [-0.3, -0.25) is 4.79 Å². The summed E-state index contributed by atoms with van der Waals surface area (Å²) in [7, 11) is 0. The molecular weight excluding hydrogens is 506 g/mol. The maximum absolute atomic E-state index is 12.6. The van der Waals surface area contributed by atoms with E-state index in [4.69, 9.17) is 0 Å². The second kappa shape index (κ2) is 10.9. The van der Waals surface area contributed by atoms with Crippen LogP contribution in [-0.4, -0.2) is 16.7 Å². The van der Waals surface area contributed by atoms with Crippen molar-refractivity contribution in [2.45, 2.75) is 31.4 Å². The Hall–Kier alpha value is -3.09. The SMILES string of the molecule is Cc1ccccc1-n1c(C)c(Br)c(/C=N\NC(=O)c2ccc(CSc3ccccc3)cc2)c1C. The number of aromatic nitrogens is 1. The number of hydrazone groups is 1. The van der Waals surface area contributed by atoms with Crippen LogP contribution in [0.5, 0.6) is 0 Å². The lowest BCUT2D eigenvalue weighted by atomic mass is 10.1. The van der Waals surface area contributed by atoms with Crippen LogP contribution < -0.4 is 5.43 Å². The summed E-state index contributed by atoms with van der Waals surface area (Å²) in [5.41, 5.74) is 9.80. The Balaban J connectivity index is 1.42. The topological polar surface area (TPSA) is 46.4 Å². The summed E-state index contributed by atoms with van der Waals surface area (Å²) in [6.45, 7) is 6.22. The van der Waals surface area contributed by atoms with Gasteiger partial charge in [0, 0.05) is 43.3 Å². The highest BCUT2D eigenvalue weighted by molar-refractivity contribution is 9.10. The van der Waals surface area contributed by atoms with Gasteiger partial charge in [-0.05, 0) is 78.2 Å². The van der Waals surface area contributed by atoms with Crippen LogP contribution in [0.4, 0.5) is 0 Å². The van der Waals surface area contributed by atoms with Gasteiger partial charge in [0.05, 0.1) is 6.21 Å². The van der Waals surface area contributed by atoms with Gasteiger partial charge in [-0.2, -0.15) is 5.10 Å². The number of para-hydroxylation sites is 1. The standard InChI is InChI=1S/C28H26BrN3OS/c1-19-9-7-8-12-26(19)32-20(2)25(27(29)21(32)3)17-30-31-28(33)23-15-13-22(14-16-23)18-34-24-10-5-4-6-11-24/h4-17H,18H2,1-3H3,(H,31,33)/b30-17-. The van der Waals surface area contributed by atoms with Gasteiger partial charge in [0.15, 0.2) is 0 Å². The minimum Gasteiger partial charge on any atom is -0.316 e. The van der Waals surface area contributed by atoms with Crippen LogP contribution >= 0.6 is 27.7 Å². The Labute approximate surface area is 213 Å². The number of aryl methyl sites for hydroxylation is 1. The molecule has 1 aromatic heterocycles. The molecule has 0 atom stereocenters. The van der Waals surface area contributed by atoms with E-state index in [1.54, 1.807) is 18.0 Å². The highest BCUT2D eigenvalue weighted by Gasteiger charge is 2.16. The molecule has 3 aromatic carbocycles. The molecule has 4 rings (SSSR count). The predicted molar refractivity (Wildman–Crippen MR) is 145 cm³/mol. The summed E-state index contributed by atoms with van der Waals surface area (Å²) >= 11 is 5.47. The molecule has 1 heterocycles. The highest BCUT2D eigenvalue weighted by Crippen LogP contribution is 2.30. The molecule has 0 aliphatic carbocycles. The van der Waals surface area contributed by atoms with Crippen molar-refractivity contribution in [1.29, 1.82) is 0 Å². The van der Waals surface area contributed by atoms with E-state index >= 15 is 0 Å². The van der Waals surface area contributed by atoms with Crippen LogP contribution in [0.2, 0.25) is 0 Å². The summed E-state index contributed by atoms with van der Waals surface area (Å²) in [5.74, 6) is 0.622. The Morgan fingerprint density at radius 2 is 1.62 bits per heavy atom. The molecule has 34 heavy (non-hydrogen) atoms. The van der Waals surface area contributed by atoms with Crippen LogP contribution in [-0.2, 0) is 5.75 Å². The van der Waals surface area contributed by atoms with E-state index < -0.39 is 0 Å². The molecule has 172 valence electrons. The quantitative estimate of drug-likeness (QED) is 0.155. The number of rotatable bonds is 7. The zero-order valence-electron chi connectivity index (χ0n) is 19.4. The average Bonchev–Trinajstić information content (AvgIpc) is 3.07. The maximum atomic E-state index is 12.6. The first-order valence-corrected chi connectivity index (χ1v) is 12.8. The van der Waals surface area contributed by atoms with Crippen LogP contribution in [0, 0.1) is 20.8 Å². The van der Waals surface area contributed by atoms with Crippen LogP contribution in [0.25, 0.3) is 5.69 Å². The van der Waals surface area contributed by atoms with E-state index in [-0.39, 0.29) is 5.91 Å². The van der Waals surface area contributed by atoms with Crippen LogP contribution in [0.1, 0.15) is 38.4 Å². The van der Waals surface area contributed by atoms with Crippen LogP contribution in [0.15, 0.2) is 93.3 Å². The number of amides is 1. The Kier molecular flexibility index (Phi) is 7.70. The van der Waals surface area contributed by atoms with Crippen molar-refractivity contribution in [2.24, 2.45) is 5.10 Å². The molecule has 4 nitrogen and oxygen atoms in total. The molecule has 4 aromatic rings. The molecule has 1 N–H and O–H groups in total. The monoisotopic (exact) mass is 531 g/mol. The van der Waals surface area contributed by atoms with Crippen molar-refractivity contribution in [3.8, 4) is 5.69 Å². The number of carbonyl (C=O) groups is 1. The van der Waals surface area contributed by atoms with Crippen molar-refractivity contribution in [1.82, 2.24) is 9.99 Å². The second-order valence-corrected chi connectivity index (χ2v) is 9.86. The fraction of sp³-hybridized carbons (Fsp3) is 0.143. The van der Waals surface area contributed by atoms with Crippen LogP contribution in [0.3, 0.4) is 0 Å². The van der Waals surface area contributed by atoms with Crippen molar-refractivity contribution in [2.75, 3.05) is 0 Å². The molecule has 0 aliphatic heterocycles. The summed E-state index contributed by atoms with van der Waals surface area (Å²) in [6.07, 6.45) is 1.70. The molecule has 0 fully saturated rings. The van der Waals surface area contributed by atoms with Crippen molar-refractivity contribution < 1.29 is 4.79 Å². The third-order valence-corrected chi connectivity index (χ3v) is 7.78. The molecule has 6 heteroatoms. The molecule has 0 radical (unpaired) electrons. The van der Waals surface area contributed by atoms with Gasteiger partial charge in [-0.1, -0.05) is 48.5 Å². The second-order valence-electron chi connectivity index (χ2n) is 8.02. The van der Waals surface area contributed by atoms with Gasteiger partial charge in [0.2, 0.25) is 0 Å². The number of carbonyl (C=O) groups excluding carboxylic acids is 1. The van der Waals surface area contributed by atoms with Gasteiger partial charge in [-0.15, -0.1) is 11.8 Å². The number of halogens is 1. The number of nitrogens with zero attached hydrogens (tertiary/aromatic N) is 2. The first-order chi connectivity index (χ1) is 16.5. The molecular formula is C28H26BrN3OS. The predicted octanol–water partition coefficient (Wildman–Crippen LogP) is 7.22. The summed E-state index contributed by atoms with van der Waals surface area (Å²) in [4.78, 5) is 13.8. The van der Waals surface area contributed by atoms with Crippen molar-refractivity contribution >= 4 is 39.8 Å². The minimum atomic E-state index is -0.234. The fourth-order valence-corrected chi connectivity index (χ4v) is 5.25. The van der Waals surface area contributed by atoms with Gasteiger partial charge in [-0.25, -0.2) is 5.43 Å². The fourth-order valence-electron chi connectivity index (χ4n) is 3.81. The zero-order chi connectivity index (χ0) is 24.1. The van der Waals surface area contributed by atoms with Gasteiger partial charge in [0.1, 0.15) is 0 Å². The van der Waals surface area contributed by atoms with E-state index in [1.165, 1.54) is 16.0 Å². The third kappa shape index (κ3) is 5.34. The lowest BCUT2D eigenvalue weighted by molar-refractivity contribution is 0.0955. The Bertz CT molecular complexity index is 1330. The van der Waals surface area contributed by atoms with E-state index in [9.17, 15) is 4.79 Å². The number of thioether (sulfide) groups is 1. The van der Waals surface area contributed by atoms with Gasteiger partial charge in [0.25, 0.3) is 5.91 Å². The van der Waals surface area contributed by atoms with Gasteiger partial charge < -0.3 is 4.57 Å². The van der Waals surface area contributed by atoms with Crippen molar-refractivity contribution in [3.63, 3.8) is 0 Å². The molecule has 0 spiro atoms. The Morgan fingerprint density at radius 1 is 0.941 bits per heavy atom. The maximum Gasteiger partial charge on any atom is 0.271 e. The highest BCUT2D eigenvalue weighted by atomic mass is 79.9. The van der Waals surface area contributed by atoms with E-state index in [1.807, 2.05) is 54.6 Å². The van der Waals surface area contributed by atoms with E-state index in [0.717, 1.165) is 32.9 Å². The number of benzene rings is 3. The Morgan fingerprint density at radius 3 is 2.32 bits per heavy atom. The molecule has 0 aliphatic rings. The lowest BCUT2D eigenvalue weighted by Crippen LogP contribution is -2.17.